The minimum atomic E-state index is -0.0656. The van der Waals surface area contributed by atoms with Crippen molar-refractivity contribution in [1.82, 2.24) is 0 Å². The zero-order valence-corrected chi connectivity index (χ0v) is 25.8. The number of benzene rings is 2. The molecule has 41 heavy (non-hydrogen) atoms. The van der Waals surface area contributed by atoms with Gasteiger partial charge in [0, 0.05) is 0 Å². The monoisotopic (exact) mass is 558 g/mol. The Hall–Kier alpha value is -2.20. The average Bonchev–Trinajstić information content (AvgIpc) is 3.92. The van der Waals surface area contributed by atoms with Crippen molar-refractivity contribution in [1.29, 1.82) is 0 Å². The Morgan fingerprint density at radius 3 is 1.44 bits per heavy atom. The van der Waals surface area contributed by atoms with E-state index in [2.05, 4.69) is 86.7 Å². The Morgan fingerprint density at radius 2 is 1.05 bits per heavy atom. The van der Waals surface area contributed by atoms with Gasteiger partial charge in [-0.1, -0.05) is 112 Å². The molecule has 0 radical (unpaired) electrons. The van der Waals surface area contributed by atoms with Crippen molar-refractivity contribution in [2.24, 2.45) is 0 Å². The van der Waals surface area contributed by atoms with Crippen molar-refractivity contribution in [3.05, 3.63) is 95.1 Å². The lowest BCUT2D eigenvalue weighted by atomic mass is 9.98. The van der Waals surface area contributed by atoms with E-state index in [4.69, 9.17) is 14.2 Å². The first-order valence-electron chi connectivity index (χ1n) is 16.6. The normalized spacial score (nSPS) is 19.7. The van der Waals surface area contributed by atoms with Gasteiger partial charge in [-0.3, -0.25) is 0 Å². The fourth-order valence-electron chi connectivity index (χ4n) is 5.58. The number of epoxide rings is 2. The van der Waals surface area contributed by atoms with Crippen molar-refractivity contribution in [3.8, 4) is 0 Å². The van der Waals surface area contributed by atoms with Crippen LogP contribution < -0.4 is 0 Å². The van der Waals surface area contributed by atoms with Crippen LogP contribution in [0.25, 0.3) is 0 Å². The molecule has 3 nitrogen and oxygen atoms in total. The van der Waals surface area contributed by atoms with Crippen molar-refractivity contribution < 1.29 is 14.2 Å². The fraction of sp³-hybridized carbons (Fsp3) is 0.579. The molecule has 2 fully saturated rings. The summed E-state index contributed by atoms with van der Waals surface area (Å²) < 4.78 is 18.5. The third kappa shape index (κ3) is 11.9. The van der Waals surface area contributed by atoms with Gasteiger partial charge in [0.25, 0.3) is 0 Å². The van der Waals surface area contributed by atoms with Gasteiger partial charge in [-0.05, 0) is 86.5 Å². The highest BCUT2D eigenvalue weighted by Gasteiger charge is 2.42. The van der Waals surface area contributed by atoms with E-state index >= 15 is 0 Å². The topological polar surface area (TPSA) is 34.3 Å². The maximum atomic E-state index is 6.89. The van der Waals surface area contributed by atoms with Crippen LogP contribution in [0.3, 0.4) is 0 Å². The average molecular weight is 559 g/mol. The molecule has 0 aliphatic carbocycles. The van der Waals surface area contributed by atoms with Gasteiger partial charge in [0.2, 0.25) is 0 Å². The first-order valence-corrected chi connectivity index (χ1v) is 16.6. The van der Waals surface area contributed by atoms with E-state index in [1.54, 1.807) is 0 Å². The van der Waals surface area contributed by atoms with Gasteiger partial charge in [0.05, 0.1) is 13.2 Å². The Labute approximate surface area is 250 Å². The van der Waals surface area contributed by atoms with E-state index in [1.165, 1.54) is 86.5 Å². The number of hydrogen-bond donors (Lipinski definition) is 0. The molecule has 4 unspecified atom stereocenters. The first kappa shape index (κ1) is 31.7. The largest absolute Gasteiger partial charge is 0.370 e. The third-order valence-corrected chi connectivity index (χ3v) is 8.20. The number of rotatable bonds is 22. The van der Waals surface area contributed by atoms with Crippen LogP contribution in [0.1, 0.15) is 125 Å². The predicted octanol–water partition coefficient (Wildman–Crippen LogP) is 10.2. The molecule has 2 aromatic rings. The smallest absolute Gasteiger partial charge is 0.112 e. The summed E-state index contributed by atoms with van der Waals surface area (Å²) in [7, 11) is 0. The minimum Gasteiger partial charge on any atom is -0.370 e. The molecular formula is C38H54O3. The molecule has 3 heteroatoms. The second kappa shape index (κ2) is 18.4. The van der Waals surface area contributed by atoms with Gasteiger partial charge in [0.15, 0.2) is 0 Å². The van der Waals surface area contributed by atoms with Crippen LogP contribution in [-0.2, 0) is 27.1 Å². The van der Waals surface area contributed by atoms with E-state index in [1.807, 2.05) is 0 Å². The summed E-state index contributed by atoms with van der Waals surface area (Å²) in [6.07, 6.45) is 26.7. The molecule has 0 saturated carbocycles. The molecule has 224 valence electrons. The van der Waals surface area contributed by atoms with Crippen LogP contribution in [0, 0.1) is 0 Å². The maximum absolute atomic E-state index is 6.89. The highest BCUT2D eigenvalue weighted by atomic mass is 16.6. The Balaban J connectivity index is 1.31. The van der Waals surface area contributed by atoms with E-state index in [0.717, 1.165) is 38.9 Å². The number of ether oxygens (including phenoxy) is 3. The van der Waals surface area contributed by atoms with Gasteiger partial charge in [-0.25, -0.2) is 0 Å². The first-order chi connectivity index (χ1) is 20.3. The number of hydrogen-bond acceptors (Lipinski definition) is 3. The minimum absolute atomic E-state index is 0.0656. The van der Waals surface area contributed by atoms with E-state index < -0.39 is 0 Å². The van der Waals surface area contributed by atoms with Crippen molar-refractivity contribution in [2.75, 3.05) is 13.2 Å². The van der Waals surface area contributed by atoms with Gasteiger partial charge >= 0.3 is 0 Å². The second-order valence-electron chi connectivity index (χ2n) is 11.9. The molecule has 2 saturated heterocycles. The molecular weight excluding hydrogens is 504 g/mol. The summed E-state index contributed by atoms with van der Waals surface area (Å²) in [6.45, 7) is 6.05. The van der Waals surface area contributed by atoms with Crippen LogP contribution in [0.4, 0.5) is 0 Å². The maximum Gasteiger partial charge on any atom is 0.112 e. The SMILES string of the molecule is CCCCCC=CCCCc1cccc(C(OC(c2cccc(CCCC=CCCCCC)c2)C2CO2)C2CO2)c1. The lowest BCUT2D eigenvalue weighted by molar-refractivity contribution is -0.0419. The zero-order chi connectivity index (χ0) is 28.5. The van der Waals surface area contributed by atoms with Crippen LogP contribution in [0.2, 0.25) is 0 Å². The summed E-state index contributed by atoms with van der Waals surface area (Å²) in [5, 5.41) is 0. The lowest BCUT2D eigenvalue weighted by Crippen LogP contribution is -2.19. The van der Waals surface area contributed by atoms with Crippen molar-refractivity contribution in [2.45, 2.75) is 128 Å². The highest BCUT2D eigenvalue weighted by molar-refractivity contribution is 5.29. The molecule has 4 atom stereocenters. The lowest BCUT2D eigenvalue weighted by Gasteiger charge is -2.24. The van der Waals surface area contributed by atoms with Crippen LogP contribution >= 0.6 is 0 Å². The summed E-state index contributed by atoms with van der Waals surface area (Å²) in [6, 6.07) is 18.0. The highest BCUT2D eigenvalue weighted by Crippen LogP contribution is 2.40. The standard InChI is InChI=1S/C38H54O3/c1-3-5-7-9-11-13-15-17-21-31-23-19-25-33(27-31)37(35-29-39-35)41-38(36-30-40-36)34-26-20-24-32(28-34)22-18-16-14-12-10-8-6-4-2/h11-14,19-20,23-28,35-38H,3-10,15-18,21-22,29-30H2,1-2H3. The Kier molecular flexibility index (Phi) is 14.2. The summed E-state index contributed by atoms with van der Waals surface area (Å²) >= 11 is 0. The van der Waals surface area contributed by atoms with E-state index in [0.29, 0.717) is 0 Å². The number of aryl methyl sites for hydroxylation is 2. The summed E-state index contributed by atoms with van der Waals surface area (Å²) in [5.41, 5.74) is 5.23. The van der Waals surface area contributed by atoms with Gasteiger partial charge in [-0.2, -0.15) is 0 Å². The van der Waals surface area contributed by atoms with Gasteiger partial charge in [-0.15, -0.1) is 0 Å². The van der Waals surface area contributed by atoms with Gasteiger partial charge < -0.3 is 14.2 Å². The van der Waals surface area contributed by atoms with E-state index in [9.17, 15) is 0 Å². The Morgan fingerprint density at radius 1 is 0.634 bits per heavy atom. The Bertz CT molecular complexity index is 965. The van der Waals surface area contributed by atoms with Crippen molar-refractivity contribution >= 4 is 0 Å². The molecule has 0 spiro atoms. The number of unbranched alkanes of at least 4 members (excludes halogenated alkanes) is 8. The molecule has 2 aliphatic rings. The molecule has 0 bridgehead atoms. The molecule has 0 aromatic heterocycles. The summed E-state index contributed by atoms with van der Waals surface area (Å²) in [5.74, 6) is 0. The zero-order valence-electron chi connectivity index (χ0n) is 25.8. The van der Waals surface area contributed by atoms with Crippen molar-refractivity contribution in [3.63, 3.8) is 0 Å². The van der Waals surface area contributed by atoms with Crippen LogP contribution in [0.5, 0.6) is 0 Å². The molecule has 0 amide bonds. The van der Waals surface area contributed by atoms with Crippen LogP contribution in [-0.4, -0.2) is 25.4 Å². The van der Waals surface area contributed by atoms with Gasteiger partial charge in [0.1, 0.15) is 24.4 Å². The fourth-order valence-corrected chi connectivity index (χ4v) is 5.58. The second-order valence-corrected chi connectivity index (χ2v) is 11.9. The molecule has 2 heterocycles. The number of allylic oxidation sites excluding steroid dienone is 4. The summed E-state index contributed by atoms with van der Waals surface area (Å²) in [4.78, 5) is 0. The van der Waals surface area contributed by atoms with E-state index in [-0.39, 0.29) is 24.4 Å². The quantitative estimate of drug-likeness (QED) is 0.0819. The van der Waals surface area contributed by atoms with Crippen LogP contribution in [0.15, 0.2) is 72.8 Å². The molecule has 2 aromatic carbocycles. The molecule has 2 aliphatic heterocycles. The predicted molar refractivity (Wildman–Crippen MR) is 171 cm³/mol. The molecule has 0 N–H and O–H groups in total. The third-order valence-electron chi connectivity index (χ3n) is 8.20. The molecule has 4 rings (SSSR count).